The van der Waals surface area contributed by atoms with Gasteiger partial charge < -0.3 is 15.5 Å². The van der Waals surface area contributed by atoms with Crippen LogP contribution in [0.5, 0.6) is 0 Å². The smallest absolute Gasteiger partial charge is 0.220 e. The molecule has 0 bridgehead atoms. The van der Waals surface area contributed by atoms with Crippen LogP contribution in [0.25, 0.3) is 0 Å². The van der Waals surface area contributed by atoms with Crippen LogP contribution in [-0.2, 0) is 4.79 Å². The Morgan fingerprint density at radius 2 is 0.949 bits per heavy atom. The van der Waals surface area contributed by atoms with Gasteiger partial charge in [0.15, 0.2) is 0 Å². The normalized spacial score (nSPS) is 13.2. The second-order valence-corrected chi connectivity index (χ2v) is 11.9. The van der Waals surface area contributed by atoms with Crippen molar-refractivity contribution in [2.75, 3.05) is 6.61 Å². The fourth-order valence-corrected chi connectivity index (χ4v) is 5.29. The highest BCUT2D eigenvalue weighted by Gasteiger charge is 2.17. The van der Waals surface area contributed by atoms with Gasteiger partial charge in [-0.25, -0.2) is 0 Å². The van der Waals surface area contributed by atoms with Crippen LogP contribution in [0.4, 0.5) is 0 Å². The van der Waals surface area contributed by atoms with Gasteiger partial charge in [-0.2, -0.15) is 0 Å². The van der Waals surface area contributed by atoms with Crippen LogP contribution in [0.3, 0.4) is 0 Å². The highest BCUT2D eigenvalue weighted by molar-refractivity contribution is 5.76. The number of nitrogens with one attached hydrogen (secondary N) is 1. The Labute approximate surface area is 244 Å². The maximum Gasteiger partial charge on any atom is 0.220 e. The second kappa shape index (κ2) is 31.7. The highest BCUT2D eigenvalue weighted by atomic mass is 16.3. The first-order valence-electron chi connectivity index (χ1n) is 17.4. The van der Waals surface area contributed by atoms with E-state index < -0.39 is 12.1 Å². The number of aliphatic hydroxyl groups excluding tert-OH is 2. The molecule has 0 unspecified atom stereocenters. The average molecular weight is 552 g/mol. The van der Waals surface area contributed by atoms with Gasteiger partial charge in [0.1, 0.15) is 0 Å². The topological polar surface area (TPSA) is 69.6 Å². The van der Waals surface area contributed by atoms with Crippen LogP contribution < -0.4 is 5.32 Å². The zero-order valence-electron chi connectivity index (χ0n) is 26.4. The van der Waals surface area contributed by atoms with E-state index in [1.54, 1.807) is 6.08 Å². The largest absolute Gasteiger partial charge is 0.394 e. The molecule has 0 spiro atoms. The molecule has 0 aromatic rings. The number of unbranched alkanes of at least 4 members (excludes halogenated alkanes) is 24. The summed E-state index contributed by atoms with van der Waals surface area (Å²) < 4.78 is 0. The van der Waals surface area contributed by atoms with E-state index in [9.17, 15) is 15.0 Å². The second-order valence-electron chi connectivity index (χ2n) is 11.9. The van der Waals surface area contributed by atoms with Crippen molar-refractivity contribution < 1.29 is 15.0 Å². The van der Waals surface area contributed by atoms with Gasteiger partial charge in [0.05, 0.1) is 18.8 Å². The number of amides is 1. The Morgan fingerprint density at radius 3 is 1.33 bits per heavy atom. The summed E-state index contributed by atoms with van der Waals surface area (Å²) in [4.78, 5) is 12.3. The summed E-state index contributed by atoms with van der Waals surface area (Å²) >= 11 is 0. The molecule has 1 amide bonds. The van der Waals surface area contributed by atoms with E-state index in [1.165, 1.54) is 141 Å². The van der Waals surface area contributed by atoms with Crippen molar-refractivity contribution in [1.29, 1.82) is 0 Å². The Morgan fingerprint density at radius 1 is 0.590 bits per heavy atom. The van der Waals surface area contributed by atoms with Crippen molar-refractivity contribution in [3.05, 3.63) is 12.2 Å². The summed E-state index contributed by atoms with van der Waals surface area (Å²) in [6.07, 6.45) is 37.1. The van der Waals surface area contributed by atoms with E-state index in [0.717, 1.165) is 25.7 Å². The lowest BCUT2D eigenvalue weighted by Crippen LogP contribution is -2.45. The molecule has 0 saturated carbocycles. The summed E-state index contributed by atoms with van der Waals surface area (Å²) in [6, 6.07) is -0.613. The monoisotopic (exact) mass is 552 g/mol. The van der Waals surface area contributed by atoms with Crippen LogP contribution >= 0.6 is 0 Å². The molecule has 4 heteroatoms. The number of hydrogen-bond acceptors (Lipinski definition) is 3. The quantitative estimate of drug-likeness (QED) is 0.0593. The first-order chi connectivity index (χ1) is 19.2. The SMILES string of the molecule is CCCCCCCCCCCCC/C=C/[C@H](O)[C@@H](CO)NC(=O)CCCCCCCCCCCCCCCC. The van der Waals surface area contributed by atoms with Gasteiger partial charge in [-0.15, -0.1) is 0 Å². The Hall–Kier alpha value is -0.870. The van der Waals surface area contributed by atoms with E-state index in [-0.39, 0.29) is 12.5 Å². The minimum atomic E-state index is -0.831. The lowest BCUT2D eigenvalue weighted by molar-refractivity contribution is -0.123. The molecule has 4 nitrogen and oxygen atoms in total. The number of aliphatic hydroxyl groups is 2. The van der Waals surface area contributed by atoms with Crippen molar-refractivity contribution >= 4 is 5.91 Å². The number of allylic oxidation sites excluding steroid dienone is 1. The predicted octanol–water partition coefficient (Wildman–Crippen LogP) is 9.95. The van der Waals surface area contributed by atoms with Gasteiger partial charge >= 0.3 is 0 Å². The first-order valence-corrected chi connectivity index (χ1v) is 17.4. The first kappa shape index (κ1) is 38.1. The van der Waals surface area contributed by atoms with Crippen molar-refractivity contribution in [3.8, 4) is 0 Å². The van der Waals surface area contributed by atoms with Crippen LogP contribution in [0.15, 0.2) is 12.2 Å². The number of carbonyl (C=O) groups is 1. The van der Waals surface area contributed by atoms with Gasteiger partial charge in [0.25, 0.3) is 0 Å². The van der Waals surface area contributed by atoms with E-state index in [4.69, 9.17) is 0 Å². The molecule has 0 aliphatic rings. The van der Waals surface area contributed by atoms with Gasteiger partial charge in [0, 0.05) is 6.42 Å². The van der Waals surface area contributed by atoms with Gasteiger partial charge in [-0.1, -0.05) is 174 Å². The Kier molecular flexibility index (Phi) is 30.9. The van der Waals surface area contributed by atoms with E-state index in [0.29, 0.717) is 6.42 Å². The third-order valence-electron chi connectivity index (χ3n) is 8.02. The molecular formula is C35H69NO3. The summed E-state index contributed by atoms with van der Waals surface area (Å²) in [7, 11) is 0. The fraction of sp³-hybridized carbons (Fsp3) is 0.914. The number of carbonyl (C=O) groups excluding carboxylic acids is 1. The predicted molar refractivity (Wildman–Crippen MR) is 170 cm³/mol. The summed E-state index contributed by atoms with van der Waals surface area (Å²) in [5.41, 5.74) is 0. The molecule has 39 heavy (non-hydrogen) atoms. The molecule has 0 aromatic heterocycles. The molecule has 232 valence electrons. The molecule has 3 N–H and O–H groups in total. The molecular weight excluding hydrogens is 482 g/mol. The Bertz CT molecular complexity index is 522. The van der Waals surface area contributed by atoms with Crippen molar-refractivity contribution in [2.45, 2.75) is 199 Å². The molecule has 0 aromatic carbocycles. The van der Waals surface area contributed by atoms with Crippen molar-refractivity contribution in [2.24, 2.45) is 0 Å². The van der Waals surface area contributed by atoms with Gasteiger partial charge in [-0.05, 0) is 19.3 Å². The Balaban J connectivity index is 3.62. The highest BCUT2D eigenvalue weighted by Crippen LogP contribution is 2.14. The molecule has 2 atom stereocenters. The lowest BCUT2D eigenvalue weighted by atomic mass is 10.0. The maximum absolute atomic E-state index is 12.3. The van der Waals surface area contributed by atoms with E-state index in [1.807, 2.05) is 6.08 Å². The summed E-state index contributed by atoms with van der Waals surface area (Å²) in [6.45, 7) is 4.29. The molecule has 0 fully saturated rings. The van der Waals surface area contributed by atoms with Crippen molar-refractivity contribution in [3.63, 3.8) is 0 Å². The fourth-order valence-electron chi connectivity index (χ4n) is 5.29. The van der Waals surface area contributed by atoms with Crippen LogP contribution in [0, 0.1) is 0 Å². The molecule has 0 heterocycles. The van der Waals surface area contributed by atoms with Gasteiger partial charge in [-0.3, -0.25) is 4.79 Å². The van der Waals surface area contributed by atoms with E-state index >= 15 is 0 Å². The summed E-state index contributed by atoms with van der Waals surface area (Å²) in [5, 5.41) is 22.8. The summed E-state index contributed by atoms with van der Waals surface area (Å²) in [5.74, 6) is -0.0641. The van der Waals surface area contributed by atoms with E-state index in [2.05, 4.69) is 19.2 Å². The standard InChI is InChI=1S/C35H69NO3/c1-3-5-7-9-11-13-15-17-19-21-23-25-27-29-31-35(39)36-33(32-37)34(38)30-28-26-24-22-20-18-16-14-12-10-8-6-4-2/h28,30,33-34,37-38H,3-27,29,31-32H2,1-2H3,(H,36,39)/b30-28+/t33-,34+/m1/s1. The third-order valence-corrected chi connectivity index (χ3v) is 8.02. The lowest BCUT2D eigenvalue weighted by Gasteiger charge is -2.20. The van der Waals surface area contributed by atoms with Crippen molar-refractivity contribution in [1.82, 2.24) is 5.32 Å². The van der Waals surface area contributed by atoms with Crippen LogP contribution in [-0.4, -0.2) is 34.9 Å². The maximum atomic E-state index is 12.3. The zero-order chi connectivity index (χ0) is 28.7. The number of rotatable bonds is 31. The molecule has 0 aliphatic heterocycles. The van der Waals surface area contributed by atoms with Gasteiger partial charge in [0.2, 0.25) is 5.91 Å². The third kappa shape index (κ3) is 28.5. The van der Waals surface area contributed by atoms with Crippen LogP contribution in [0.2, 0.25) is 0 Å². The molecule has 0 aliphatic carbocycles. The zero-order valence-corrected chi connectivity index (χ0v) is 26.4. The molecule has 0 radical (unpaired) electrons. The molecule has 0 rings (SSSR count). The average Bonchev–Trinajstić information content (AvgIpc) is 2.94. The number of hydrogen-bond donors (Lipinski definition) is 3. The van der Waals surface area contributed by atoms with Crippen LogP contribution in [0.1, 0.15) is 187 Å². The molecule has 0 saturated heterocycles. The minimum Gasteiger partial charge on any atom is -0.394 e. The minimum absolute atomic E-state index is 0.0641.